The Bertz CT molecular complexity index is 729. The molecule has 5 nitrogen and oxygen atoms in total. The summed E-state index contributed by atoms with van der Waals surface area (Å²) < 4.78 is 0. The maximum Gasteiger partial charge on any atom is 0.270 e. The lowest BCUT2D eigenvalue weighted by molar-refractivity contribution is 0.0624. The fourth-order valence-corrected chi connectivity index (χ4v) is 3.77. The third kappa shape index (κ3) is 3.89. The van der Waals surface area contributed by atoms with E-state index in [9.17, 15) is 9.59 Å². The number of hydrogen-bond donors (Lipinski definition) is 1. The Morgan fingerprint density at radius 1 is 1.17 bits per heavy atom. The number of aromatic amines is 1. The van der Waals surface area contributed by atoms with Gasteiger partial charge >= 0.3 is 0 Å². The second-order valence-electron chi connectivity index (χ2n) is 5.73. The minimum Gasteiger partial charge on any atom is -0.357 e. The second kappa shape index (κ2) is 7.10. The summed E-state index contributed by atoms with van der Waals surface area (Å²) in [6.07, 6.45) is 2.61. The van der Waals surface area contributed by atoms with Gasteiger partial charge in [-0.15, -0.1) is 11.3 Å². The van der Waals surface area contributed by atoms with E-state index in [1.165, 1.54) is 28.1 Å². The van der Waals surface area contributed by atoms with Crippen molar-refractivity contribution >= 4 is 17.2 Å². The smallest absolute Gasteiger partial charge is 0.270 e. The number of aryl methyl sites for hydroxylation is 1. The molecule has 0 aromatic carbocycles. The molecule has 1 fully saturated rings. The Kier molecular flexibility index (Phi) is 4.93. The van der Waals surface area contributed by atoms with E-state index >= 15 is 0 Å². The molecule has 2 aromatic rings. The number of amides is 1. The Morgan fingerprint density at radius 2 is 1.91 bits per heavy atom. The van der Waals surface area contributed by atoms with Crippen molar-refractivity contribution in [3.63, 3.8) is 0 Å². The highest BCUT2D eigenvalue weighted by Gasteiger charge is 2.22. The number of carbonyl (C=O) groups is 1. The fourth-order valence-electron chi connectivity index (χ4n) is 2.77. The Balaban J connectivity index is 1.55. The summed E-state index contributed by atoms with van der Waals surface area (Å²) >= 11 is 1.87. The molecule has 1 N–H and O–H groups in total. The van der Waals surface area contributed by atoms with Crippen molar-refractivity contribution in [1.29, 1.82) is 0 Å². The highest BCUT2D eigenvalue weighted by Crippen LogP contribution is 2.19. The standard InChI is InChI=1S/C17H21N3O2S/c1-2-14-3-4-15(23-14)12-19-7-9-20(10-8-19)17(22)16-11-13(21)5-6-18-16/h3-6,11H,2,7-10,12H2,1H3,(H,18,21). The summed E-state index contributed by atoms with van der Waals surface area (Å²) in [6.45, 7) is 6.25. The summed E-state index contributed by atoms with van der Waals surface area (Å²) in [4.78, 5) is 33.6. The molecule has 6 heteroatoms. The van der Waals surface area contributed by atoms with Crippen LogP contribution in [0.4, 0.5) is 0 Å². The maximum atomic E-state index is 12.4. The molecule has 0 unspecified atom stereocenters. The number of H-pyrrole nitrogens is 1. The van der Waals surface area contributed by atoms with E-state index in [-0.39, 0.29) is 11.3 Å². The highest BCUT2D eigenvalue weighted by atomic mass is 32.1. The van der Waals surface area contributed by atoms with Gasteiger partial charge in [0.25, 0.3) is 5.91 Å². The number of rotatable bonds is 4. The summed E-state index contributed by atoms with van der Waals surface area (Å²) in [5.74, 6) is -0.0910. The largest absolute Gasteiger partial charge is 0.357 e. The minimum absolute atomic E-state index is 0.0910. The summed E-state index contributed by atoms with van der Waals surface area (Å²) in [6, 6.07) is 7.19. The van der Waals surface area contributed by atoms with Crippen LogP contribution >= 0.6 is 11.3 Å². The van der Waals surface area contributed by atoms with E-state index < -0.39 is 0 Å². The first-order valence-corrected chi connectivity index (χ1v) is 8.75. The third-order valence-electron chi connectivity index (χ3n) is 4.11. The average Bonchev–Trinajstić information content (AvgIpc) is 3.02. The number of carbonyl (C=O) groups excluding carboxylic acids is 1. The van der Waals surface area contributed by atoms with Crippen LogP contribution in [0.3, 0.4) is 0 Å². The van der Waals surface area contributed by atoms with Gasteiger partial charge in [0.2, 0.25) is 0 Å². The summed E-state index contributed by atoms with van der Waals surface area (Å²) in [5, 5.41) is 0. The minimum atomic E-state index is -0.143. The molecule has 122 valence electrons. The first-order valence-electron chi connectivity index (χ1n) is 7.93. The zero-order chi connectivity index (χ0) is 16.2. The quantitative estimate of drug-likeness (QED) is 0.932. The Hall–Kier alpha value is -1.92. The van der Waals surface area contributed by atoms with Gasteiger partial charge in [-0.1, -0.05) is 6.92 Å². The lowest BCUT2D eigenvalue weighted by Gasteiger charge is -2.34. The zero-order valence-electron chi connectivity index (χ0n) is 13.2. The van der Waals surface area contributed by atoms with Crippen molar-refractivity contribution in [1.82, 2.24) is 14.8 Å². The Morgan fingerprint density at radius 3 is 2.57 bits per heavy atom. The number of piperazine rings is 1. The van der Waals surface area contributed by atoms with Crippen LogP contribution in [0, 0.1) is 0 Å². The monoisotopic (exact) mass is 331 g/mol. The van der Waals surface area contributed by atoms with E-state index in [2.05, 4.69) is 28.9 Å². The fraction of sp³-hybridized carbons (Fsp3) is 0.412. The van der Waals surface area contributed by atoms with E-state index in [1.54, 1.807) is 0 Å². The van der Waals surface area contributed by atoms with Gasteiger partial charge in [-0.3, -0.25) is 14.5 Å². The molecule has 2 aromatic heterocycles. The average molecular weight is 331 g/mol. The predicted molar refractivity (Wildman–Crippen MR) is 91.9 cm³/mol. The van der Waals surface area contributed by atoms with Crippen LogP contribution < -0.4 is 5.43 Å². The predicted octanol–water partition coefficient (Wildman–Crippen LogP) is 1.96. The topological polar surface area (TPSA) is 56.4 Å². The summed E-state index contributed by atoms with van der Waals surface area (Å²) in [5.41, 5.74) is 0.229. The van der Waals surface area contributed by atoms with E-state index in [0.717, 1.165) is 26.1 Å². The molecule has 0 radical (unpaired) electrons. The highest BCUT2D eigenvalue weighted by molar-refractivity contribution is 7.11. The molecule has 0 aliphatic carbocycles. The second-order valence-corrected chi connectivity index (χ2v) is 6.98. The van der Waals surface area contributed by atoms with Crippen LogP contribution in [0.5, 0.6) is 0 Å². The molecule has 0 saturated carbocycles. The molecular weight excluding hydrogens is 310 g/mol. The Labute approximate surface area is 139 Å². The molecule has 0 bridgehead atoms. The molecule has 3 rings (SSSR count). The normalized spacial score (nSPS) is 15.8. The van der Waals surface area contributed by atoms with Crippen molar-refractivity contribution < 1.29 is 4.79 Å². The number of aromatic nitrogens is 1. The van der Waals surface area contributed by atoms with Crippen LogP contribution in [0.25, 0.3) is 0 Å². The lowest BCUT2D eigenvalue weighted by atomic mass is 10.2. The van der Waals surface area contributed by atoms with Crippen LogP contribution in [-0.2, 0) is 13.0 Å². The third-order valence-corrected chi connectivity index (χ3v) is 5.32. The van der Waals surface area contributed by atoms with Crippen LogP contribution in [-0.4, -0.2) is 46.9 Å². The molecular formula is C17H21N3O2S. The van der Waals surface area contributed by atoms with Gasteiger partial charge in [-0.25, -0.2) is 0 Å². The molecule has 1 saturated heterocycles. The van der Waals surface area contributed by atoms with Gasteiger partial charge in [0.05, 0.1) is 0 Å². The molecule has 1 aliphatic heterocycles. The van der Waals surface area contributed by atoms with Crippen LogP contribution in [0.1, 0.15) is 27.2 Å². The molecule has 0 spiro atoms. The summed E-state index contributed by atoms with van der Waals surface area (Å²) in [7, 11) is 0. The van der Waals surface area contributed by atoms with Crippen LogP contribution in [0.2, 0.25) is 0 Å². The van der Waals surface area contributed by atoms with Gasteiger partial charge in [0.1, 0.15) is 5.69 Å². The van der Waals surface area contributed by atoms with E-state index in [1.807, 2.05) is 16.2 Å². The van der Waals surface area contributed by atoms with Crippen molar-refractivity contribution in [2.24, 2.45) is 0 Å². The van der Waals surface area contributed by atoms with Crippen molar-refractivity contribution in [3.05, 3.63) is 56.1 Å². The first-order chi connectivity index (χ1) is 11.2. The number of nitrogens with zero attached hydrogens (tertiary/aromatic N) is 2. The number of nitrogens with one attached hydrogen (secondary N) is 1. The number of thiophene rings is 1. The van der Waals surface area contributed by atoms with Gasteiger partial charge in [-0.05, 0) is 18.6 Å². The van der Waals surface area contributed by atoms with Gasteiger partial charge in [-0.2, -0.15) is 0 Å². The zero-order valence-corrected chi connectivity index (χ0v) is 14.1. The van der Waals surface area contributed by atoms with Gasteiger partial charge in [0.15, 0.2) is 5.43 Å². The molecule has 1 amide bonds. The first kappa shape index (κ1) is 16.0. The van der Waals surface area contributed by atoms with Gasteiger partial charge in [0, 0.05) is 60.8 Å². The van der Waals surface area contributed by atoms with E-state index in [4.69, 9.17) is 0 Å². The van der Waals surface area contributed by atoms with Gasteiger partial charge < -0.3 is 9.88 Å². The van der Waals surface area contributed by atoms with Crippen molar-refractivity contribution in [3.8, 4) is 0 Å². The molecule has 1 aliphatic rings. The molecule has 23 heavy (non-hydrogen) atoms. The van der Waals surface area contributed by atoms with Crippen molar-refractivity contribution in [2.75, 3.05) is 26.2 Å². The molecule has 0 atom stereocenters. The van der Waals surface area contributed by atoms with E-state index in [0.29, 0.717) is 18.8 Å². The lowest BCUT2D eigenvalue weighted by Crippen LogP contribution is -2.48. The van der Waals surface area contributed by atoms with Crippen molar-refractivity contribution in [2.45, 2.75) is 19.9 Å². The number of hydrogen-bond acceptors (Lipinski definition) is 4. The number of pyridine rings is 1. The maximum absolute atomic E-state index is 12.4. The molecule has 3 heterocycles. The SMILES string of the molecule is CCc1ccc(CN2CCN(C(=O)c3cc(=O)cc[nH]3)CC2)s1. The van der Waals surface area contributed by atoms with Crippen LogP contribution in [0.15, 0.2) is 35.3 Å².